The number of anilines is 1. The molecule has 29 heavy (non-hydrogen) atoms. The summed E-state index contributed by atoms with van der Waals surface area (Å²) in [5, 5.41) is 11.4. The number of amides is 3. The van der Waals surface area contributed by atoms with E-state index < -0.39 is 11.9 Å². The number of benzene rings is 1. The van der Waals surface area contributed by atoms with Crippen LogP contribution in [-0.2, 0) is 14.4 Å². The van der Waals surface area contributed by atoms with Crippen LogP contribution in [0, 0.1) is 29.1 Å². The molecule has 152 valence electrons. The van der Waals surface area contributed by atoms with Gasteiger partial charge in [0.1, 0.15) is 17.9 Å². The first-order valence-corrected chi connectivity index (χ1v) is 9.85. The van der Waals surface area contributed by atoms with Crippen molar-refractivity contribution in [2.75, 3.05) is 11.9 Å². The van der Waals surface area contributed by atoms with Gasteiger partial charge in [0.05, 0.1) is 11.8 Å². The molecule has 1 aliphatic carbocycles. The largest absolute Gasteiger partial charge is 0.479 e. The van der Waals surface area contributed by atoms with Gasteiger partial charge in [-0.3, -0.25) is 19.3 Å². The highest BCUT2D eigenvalue weighted by atomic mass is 16.5. The summed E-state index contributed by atoms with van der Waals surface area (Å²) in [5.41, 5.74) is 0.484. The fourth-order valence-corrected chi connectivity index (χ4v) is 3.91. The van der Waals surface area contributed by atoms with E-state index in [-0.39, 0.29) is 36.2 Å². The molecule has 1 fully saturated rings. The summed E-state index contributed by atoms with van der Waals surface area (Å²) >= 11 is 0. The molecular formula is C22H25N3O4. The number of hydrogen-bond acceptors (Lipinski definition) is 5. The Morgan fingerprint density at radius 1 is 1.24 bits per heavy atom. The standard InChI is InChI=1S/C22H25N3O4/c1-14(2)12-19(25-21(27)17-8-3-4-9-18(17)22(25)28)20(26)24-15-6-5-7-16(13-15)29-11-10-23/h3-7,13-14,17-19H,8-9,11-12H2,1-2H3,(H,24,26). The molecule has 3 rings (SSSR count). The fourth-order valence-electron chi connectivity index (χ4n) is 3.91. The van der Waals surface area contributed by atoms with E-state index in [1.807, 2.05) is 32.1 Å². The SMILES string of the molecule is CC(C)CC(C(=O)Nc1cccc(OCC#N)c1)N1C(=O)C2CC=CCC2C1=O. The molecule has 2 aliphatic rings. The highest BCUT2D eigenvalue weighted by Crippen LogP contribution is 2.37. The summed E-state index contributed by atoms with van der Waals surface area (Å²) < 4.78 is 5.26. The van der Waals surface area contributed by atoms with Gasteiger partial charge in [-0.25, -0.2) is 0 Å². The molecule has 3 atom stereocenters. The van der Waals surface area contributed by atoms with Crippen molar-refractivity contribution in [2.45, 2.75) is 39.2 Å². The van der Waals surface area contributed by atoms with Gasteiger partial charge in [-0.2, -0.15) is 5.26 Å². The van der Waals surface area contributed by atoms with Gasteiger partial charge in [-0.05, 0) is 37.3 Å². The molecule has 1 aliphatic heterocycles. The Bertz CT molecular complexity index is 845. The zero-order chi connectivity index (χ0) is 21.0. The van der Waals surface area contributed by atoms with Gasteiger partial charge in [0.2, 0.25) is 17.7 Å². The van der Waals surface area contributed by atoms with E-state index >= 15 is 0 Å². The Morgan fingerprint density at radius 2 is 1.90 bits per heavy atom. The minimum absolute atomic E-state index is 0.0963. The Labute approximate surface area is 170 Å². The predicted molar refractivity (Wildman–Crippen MR) is 107 cm³/mol. The Kier molecular flexibility index (Phi) is 6.32. The molecule has 7 heteroatoms. The van der Waals surface area contributed by atoms with Gasteiger partial charge in [-0.15, -0.1) is 0 Å². The monoisotopic (exact) mass is 395 g/mol. The number of allylic oxidation sites excluding steroid dienone is 2. The number of carbonyl (C=O) groups is 3. The Balaban J connectivity index is 1.80. The van der Waals surface area contributed by atoms with E-state index in [9.17, 15) is 14.4 Å². The van der Waals surface area contributed by atoms with Crippen LogP contribution in [0.2, 0.25) is 0 Å². The van der Waals surface area contributed by atoms with Crippen molar-refractivity contribution < 1.29 is 19.1 Å². The average molecular weight is 395 g/mol. The normalized spacial score (nSPS) is 21.7. The molecule has 1 heterocycles. The maximum atomic E-state index is 13.1. The summed E-state index contributed by atoms with van der Waals surface area (Å²) in [5.74, 6) is -1.06. The first kappa shape index (κ1) is 20.6. The summed E-state index contributed by atoms with van der Waals surface area (Å²) in [6, 6.07) is 7.72. The predicted octanol–water partition coefficient (Wildman–Crippen LogP) is 2.89. The molecule has 1 saturated heterocycles. The molecule has 0 radical (unpaired) electrons. The number of rotatable bonds is 7. The van der Waals surface area contributed by atoms with E-state index in [0.29, 0.717) is 30.7 Å². The minimum Gasteiger partial charge on any atom is -0.479 e. The van der Waals surface area contributed by atoms with Crippen LogP contribution in [0.5, 0.6) is 5.75 Å². The average Bonchev–Trinajstić information content (AvgIpc) is 2.95. The fraction of sp³-hybridized carbons (Fsp3) is 0.455. The van der Waals surface area contributed by atoms with Gasteiger partial charge in [-0.1, -0.05) is 32.1 Å². The lowest BCUT2D eigenvalue weighted by Crippen LogP contribution is -2.48. The molecule has 0 aromatic heterocycles. The van der Waals surface area contributed by atoms with Gasteiger partial charge in [0.15, 0.2) is 6.61 Å². The first-order chi connectivity index (χ1) is 13.9. The number of nitrogens with zero attached hydrogens (tertiary/aromatic N) is 2. The van der Waals surface area contributed by atoms with Gasteiger partial charge in [0, 0.05) is 11.8 Å². The molecule has 0 spiro atoms. The maximum Gasteiger partial charge on any atom is 0.247 e. The third-order valence-corrected chi connectivity index (χ3v) is 5.26. The molecule has 1 aromatic rings. The Morgan fingerprint density at radius 3 is 2.48 bits per heavy atom. The van der Waals surface area contributed by atoms with E-state index in [0.717, 1.165) is 0 Å². The summed E-state index contributed by atoms with van der Waals surface area (Å²) in [7, 11) is 0. The number of fused-ring (bicyclic) bond motifs is 1. The van der Waals surface area contributed by atoms with Gasteiger partial charge < -0.3 is 10.1 Å². The molecule has 0 saturated carbocycles. The van der Waals surface area contributed by atoms with Crippen molar-refractivity contribution in [1.82, 2.24) is 4.90 Å². The number of nitriles is 1. The highest BCUT2D eigenvalue weighted by Gasteiger charge is 2.51. The van der Waals surface area contributed by atoms with Gasteiger partial charge >= 0.3 is 0 Å². The van der Waals surface area contributed by atoms with Crippen LogP contribution >= 0.6 is 0 Å². The van der Waals surface area contributed by atoms with Crippen LogP contribution < -0.4 is 10.1 Å². The van der Waals surface area contributed by atoms with Crippen molar-refractivity contribution in [2.24, 2.45) is 17.8 Å². The number of ether oxygens (including phenoxy) is 1. The van der Waals surface area contributed by atoms with Crippen molar-refractivity contribution in [3.63, 3.8) is 0 Å². The quantitative estimate of drug-likeness (QED) is 0.565. The van der Waals surface area contributed by atoms with Crippen LogP contribution in [0.3, 0.4) is 0 Å². The van der Waals surface area contributed by atoms with Crippen LogP contribution in [0.1, 0.15) is 33.1 Å². The number of carbonyl (C=O) groups excluding carboxylic acids is 3. The molecule has 3 unspecified atom stereocenters. The second-order valence-electron chi connectivity index (χ2n) is 7.81. The zero-order valence-electron chi connectivity index (χ0n) is 16.6. The summed E-state index contributed by atoms with van der Waals surface area (Å²) in [6.07, 6.45) is 5.33. The molecule has 7 nitrogen and oxygen atoms in total. The second kappa shape index (κ2) is 8.91. The van der Waals surface area contributed by atoms with Crippen molar-refractivity contribution in [3.8, 4) is 11.8 Å². The molecule has 0 bridgehead atoms. The summed E-state index contributed by atoms with van der Waals surface area (Å²) in [6.45, 7) is 3.81. The van der Waals surface area contributed by atoms with Crippen LogP contribution in [0.15, 0.2) is 36.4 Å². The van der Waals surface area contributed by atoms with E-state index in [4.69, 9.17) is 10.00 Å². The number of hydrogen-bond donors (Lipinski definition) is 1. The Hall–Kier alpha value is -3.14. The van der Waals surface area contributed by atoms with E-state index in [2.05, 4.69) is 5.32 Å². The minimum atomic E-state index is -0.857. The van der Waals surface area contributed by atoms with Gasteiger partial charge in [0.25, 0.3) is 0 Å². The molecule has 1 N–H and O–H groups in total. The van der Waals surface area contributed by atoms with Crippen LogP contribution in [0.25, 0.3) is 0 Å². The van der Waals surface area contributed by atoms with Crippen LogP contribution in [-0.4, -0.2) is 35.3 Å². The highest BCUT2D eigenvalue weighted by molar-refractivity contribution is 6.10. The molecule has 1 aromatic carbocycles. The van der Waals surface area contributed by atoms with Crippen molar-refractivity contribution >= 4 is 23.4 Å². The number of nitrogens with one attached hydrogen (secondary N) is 1. The first-order valence-electron chi connectivity index (χ1n) is 9.85. The number of imide groups is 1. The lowest BCUT2D eigenvalue weighted by molar-refractivity contribution is -0.147. The van der Waals surface area contributed by atoms with Crippen molar-refractivity contribution in [1.29, 1.82) is 5.26 Å². The van der Waals surface area contributed by atoms with E-state index in [1.54, 1.807) is 24.3 Å². The van der Waals surface area contributed by atoms with E-state index in [1.165, 1.54) is 4.90 Å². The third kappa shape index (κ3) is 4.48. The maximum absolute atomic E-state index is 13.1. The molecule has 3 amide bonds. The van der Waals surface area contributed by atoms with Crippen LogP contribution in [0.4, 0.5) is 5.69 Å². The molecular weight excluding hydrogens is 370 g/mol. The third-order valence-electron chi connectivity index (χ3n) is 5.26. The lowest BCUT2D eigenvalue weighted by Gasteiger charge is -2.27. The lowest BCUT2D eigenvalue weighted by atomic mass is 9.85. The zero-order valence-corrected chi connectivity index (χ0v) is 16.6. The second-order valence-corrected chi connectivity index (χ2v) is 7.81. The topological polar surface area (TPSA) is 99.5 Å². The van der Waals surface area contributed by atoms with Crippen molar-refractivity contribution in [3.05, 3.63) is 36.4 Å². The summed E-state index contributed by atoms with van der Waals surface area (Å²) in [4.78, 5) is 40.2. The smallest absolute Gasteiger partial charge is 0.247 e. The number of likely N-dealkylation sites (tertiary alicyclic amines) is 1.